The van der Waals surface area contributed by atoms with E-state index in [1.54, 1.807) is 0 Å². The highest BCUT2D eigenvalue weighted by Gasteiger charge is 1.96. The normalized spacial score (nSPS) is 11.5. The van der Waals surface area contributed by atoms with Crippen LogP contribution in [-0.4, -0.2) is 17.1 Å². The number of unbranched alkanes of at least 4 members (excludes halogenated alkanes) is 15. The zero-order valence-corrected chi connectivity index (χ0v) is 17.2. The molecule has 23 heavy (non-hydrogen) atoms. The van der Waals surface area contributed by atoms with Crippen molar-refractivity contribution in [2.45, 2.75) is 123 Å². The van der Waals surface area contributed by atoms with Gasteiger partial charge in [0.25, 0.3) is 0 Å². The van der Waals surface area contributed by atoms with Crippen LogP contribution in [0.4, 0.5) is 0 Å². The highest BCUT2D eigenvalue weighted by molar-refractivity contribution is 5.97. The van der Waals surface area contributed by atoms with E-state index in [4.69, 9.17) is 4.43 Å². The van der Waals surface area contributed by atoms with E-state index in [9.17, 15) is 0 Å². The maximum atomic E-state index is 4.88. The summed E-state index contributed by atoms with van der Waals surface area (Å²) >= 11 is 0. The van der Waals surface area contributed by atoms with Gasteiger partial charge >= 0.3 is 0 Å². The largest absolute Gasteiger partial charge is 0.419 e. The predicted molar refractivity (Wildman–Crippen MR) is 105 cm³/mol. The Kier molecular flexibility index (Phi) is 20.4. The summed E-state index contributed by atoms with van der Waals surface area (Å²) in [6.45, 7) is 5.53. The quantitative estimate of drug-likeness (QED) is 0.176. The van der Waals surface area contributed by atoms with Crippen molar-refractivity contribution in [2.75, 3.05) is 6.61 Å². The van der Waals surface area contributed by atoms with Crippen LogP contribution < -0.4 is 0 Å². The van der Waals surface area contributed by atoms with Gasteiger partial charge in [-0.2, -0.15) is 0 Å². The molecule has 137 valence electrons. The minimum Gasteiger partial charge on any atom is -0.419 e. The van der Waals surface area contributed by atoms with E-state index >= 15 is 0 Å². The second kappa shape index (κ2) is 20.2. The Morgan fingerprint density at radius 1 is 0.522 bits per heavy atom. The van der Waals surface area contributed by atoms with Crippen molar-refractivity contribution >= 4 is 10.5 Å². The Labute approximate surface area is 150 Å². The van der Waals surface area contributed by atoms with Gasteiger partial charge in [0.15, 0.2) is 0 Å². The fourth-order valence-electron chi connectivity index (χ4n) is 3.20. The van der Waals surface area contributed by atoms with Crippen LogP contribution in [0.15, 0.2) is 0 Å². The van der Waals surface area contributed by atoms with Gasteiger partial charge in [0.2, 0.25) is 10.5 Å². The lowest BCUT2D eigenvalue weighted by Crippen LogP contribution is -1.89. The number of hydrogen-bond donors (Lipinski definition) is 0. The first-order valence-corrected chi connectivity index (χ1v) is 11.0. The SMILES string of the molecule is CC(C)CCCCCCCCCCCCCCCCCCO[Si]. The standard InChI is InChI=1S/C21H43OSi/c1-21(2)19-17-15-13-11-9-7-5-3-4-6-8-10-12-14-16-18-20-22-23/h21H,3-20H2,1-2H3. The van der Waals surface area contributed by atoms with E-state index in [1.165, 1.54) is 109 Å². The second-order valence-corrected chi connectivity index (χ2v) is 7.98. The lowest BCUT2D eigenvalue weighted by atomic mass is 10.0. The first-order chi connectivity index (χ1) is 11.3. The maximum Gasteiger partial charge on any atom is 0.246 e. The summed E-state index contributed by atoms with van der Waals surface area (Å²) in [7, 11) is 3.05. The Bertz CT molecular complexity index is 206. The molecule has 2 heteroatoms. The zero-order valence-electron chi connectivity index (χ0n) is 16.2. The highest BCUT2D eigenvalue weighted by Crippen LogP contribution is 2.14. The topological polar surface area (TPSA) is 9.23 Å². The van der Waals surface area contributed by atoms with Crippen molar-refractivity contribution in [3.63, 3.8) is 0 Å². The molecule has 0 rings (SSSR count). The van der Waals surface area contributed by atoms with Crippen LogP contribution in [0.5, 0.6) is 0 Å². The first kappa shape index (κ1) is 23.2. The molecule has 0 bridgehead atoms. The molecule has 3 radical (unpaired) electrons. The Balaban J connectivity index is 2.95. The van der Waals surface area contributed by atoms with Crippen molar-refractivity contribution in [3.05, 3.63) is 0 Å². The van der Waals surface area contributed by atoms with Crippen LogP contribution in [0.2, 0.25) is 0 Å². The van der Waals surface area contributed by atoms with Crippen LogP contribution in [-0.2, 0) is 4.43 Å². The van der Waals surface area contributed by atoms with Gasteiger partial charge in [0, 0.05) is 6.61 Å². The van der Waals surface area contributed by atoms with Gasteiger partial charge in [0.1, 0.15) is 0 Å². The average Bonchev–Trinajstić information content (AvgIpc) is 2.53. The summed E-state index contributed by atoms with van der Waals surface area (Å²) in [6.07, 6.45) is 24.3. The van der Waals surface area contributed by atoms with E-state index in [-0.39, 0.29) is 0 Å². The molecule has 0 saturated carbocycles. The molecular weight excluding hydrogens is 296 g/mol. The summed E-state index contributed by atoms with van der Waals surface area (Å²) in [5, 5.41) is 0. The number of rotatable bonds is 19. The summed E-state index contributed by atoms with van der Waals surface area (Å²) in [5.41, 5.74) is 0. The molecular formula is C21H43OSi. The van der Waals surface area contributed by atoms with E-state index in [0.717, 1.165) is 12.5 Å². The van der Waals surface area contributed by atoms with Gasteiger partial charge in [-0.15, -0.1) is 0 Å². The van der Waals surface area contributed by atoms with Crippen molar-refractivity contribution in [1.82, 2.24) is 0 Å². The third-order valence-electron chi connectivity index (χ3n) is 4.78. The lowest BCUT2D eigenvalue weighted by molar-refractivity contribution is 0.332. The van der Waals surface area contributed by atoms with E-state index < -0.39 is 0 Å². The fraction of sp³-hybridized carbons (Fsp3) is 1.00. The van der Waals surface area contributed by atoms with Crippen molar-refractivity contribution in [3.8, 4) is 0 Å². The van der Waals surface area contributed by atoms with Crippen LogP contribution in [0.25, 0.3) is 0 Å². The van der Waals surface area contributed by atoms with Crippen LogP contribution >= 0.6 is 0 Å². The van der Waals surface area contributed by atoms with Crippen LogP contribution in [0.1, 0.15) is 123 Å². The van der Waals surface area contributed by atoms with Crippen LogP contribution in [0.3, 0.4) is 0 Å². The second-order valence-electron chi connectivity index (χ2n) is 7.69. The molecule has 0 spiro atoms. The smallest absolute Gasteiger partial charge is 0.246 e. The molecule has 0 aromatic heterocycles. The molecule has 0 aromatic rings. The summed E-state index contributed by atoms with van der Waals surface area (Å²) < 4.78 is 4.88. The summed E-state index contributed by atoms with van der Waals surface area (Å²) in [6, 6.07) is 0. The Morgan fingerprint density at radius 2 is 0.826 bits per heavy atom. The number of hydrogen-bond acceptors (Lipinski definition) is 1. The van der Waals surface area contributed by atoms with Gasteiger partial charge in [-0.1, -0.05) is 117 Å². The summed E-state index contributed by atoms with van der Waals surface area (Å²) in [5.74, 6) is 0.892. The molecule has 0 heterocycles. The lowest BCUT2D eigenvalue weighted by Gasteiger charge is -2.05. The molecule has 0 amide bonds. The first-order valence-electron chi connectivity index (χ1n) is 10.6. The zero-order chi connectivity index (χ0) is 17.0. The summed E-state index contributed by atoms with van der Waals surface area (Å²) in [4.78, 5) is 0. The Hall–Kier alpha value is 0.177. The van der Waals surface area contributed by atoms with Gasteiger partial charge in [-0.05, 0) is 12.3 Å². The third-order valence-corrected chi connectivity index (χ3v) is 4.98. The van der Waals surface area contributed by atoms with E-state index in [2.05, 4.69) is 24.3 Å². The highest BCUT2D eigenvalue weighted by atomic mass is 28.2. The molecule has 0 aliphatic heterocycles. The fourth-order valence-corrected chi connectivity index (χ4v) is 3.35. The molecule has 0 atom stereocenters. The van der Waals surface area contributed by atoms with Crippen molar-refractivity contribution in [2.24, 2.45) is 5.92 Å². The maximum absolute atomic E-state index is 4.88. The minimum atomic E-state index is 0.856. The van der Waals surface area contributed by atoms with Gasteiger partial charge in [0.05, 0.1) is 0 Å². The van der Waals surface area contributed by atoms with Gasteiger partial charge < -0.3 is 4.43 Å². The molecule has 0 aromatic carbocycles. The molecule has 0 N–H and O–H groups in total. The van der Waals surface area contributed by atoms with Gasteiger partial charge in [-0.25, -0.2) is 0 Å². The molecule has 0 fully saturated rings. The molecule has 0 unspecified atom stereocenters. The monoisotopic (exact) mass is 339 g/mol. The van der Waals surface area contributed by atoms with E-state index in [1.807, 2.05) is 0 Å². The minimum absolute atomic E-state index is 0.856. The van der Waals surface area contributed by atoms with Crippen LogP contribution in [0, 0.1) is 5.92 Å². The average molecular weight is 340 g/mol. The Morgan fingerprint density at radius 3 is 1.13 bits per heavy atom. The van der Waals surface area contributed by atoms with Crippen molar-refractivity contribution in [1.29, 1.82) is 0 Å². The van der Waals surface area contributed by atoms with E-state index in [0.29, 0.717) is 0 Å². The third kappa shape index (κ3) is 22.2. The molecule has 0 saturated heterocycles. The molecule has 1 nitrogen and oxygen atoms in total. The molecule has 0 aliphatic carbocycles. The molecule has 0 aliphatic rings. The van der Waals surface area contributed by atoms with Gasteiger partial charge in [-0.3, -0.25) is 0 Å². The van der Waals surface area contributed by atoms with Crippen molar-refractivity contribution < 1.29 is 4.43 Å². The predicted octanol–water partition coefficient (Wildman–Crippen LogP) is 7.37.